The minimum atomic E-state index is -1.29. The number of carboxylic acid groups (broad SMARTS) is 1. The maximum Gasteiger partial charge on any atom is 0.326 e. The zero-order valence-corrected chi connectivity index (χ0v) is 22.1. The van der Waals surface area contributed by atoms with E-state index in [4.69, 9.17) is 17.2 Å². The van der Waals surface area contributed by atoms with Crippen LogP contribution in [-0.4, -0.2) is 82.5 Å². The van der Waals surface area contributed by atoms with Crippen LogP contribution in [-0.2, 0) is 30.4 Å². The fourth-order valence-corrected chi connectivity index (χ4v) is 3.22. The van der Waals surface area contributed by atoms with Gasteiger partial charge < -0.3 is 48.7 Å². The number of carbonyl (C=O) groups excluding carboxylic acids is 4. The lowest BCUT2D eigenvalue weighted by molar-refractivity contribution is -0.142. The van der Waals surface area contributed by atoms with Crippen LogP contribution < -0.4 is 38.5 Å². The largest absolute Gasteiger partial charge is 0.508 e. The van der Waals surface area contributed by atoms with Gasteiger partial charge in [0, 0.05) is 13.0 Å². The Labute approximate surface area is 226 Å². The van der Waals surface area contributed by atoms with Crippen LogP contribution in [0.15, 0.2) is 29.3 Å². The molecule has 12 N–H and O–H groups in total. The number of carbonyl (C=O) groups is 5. The molecule has 0 aromatic heterocycles. The van der Waals surface area contributed by atoms with E-state index in [0.717, 1.165) is 0 Å². The number of guanidine groups is 1. The quantitative estimate of drug-likeness (QED) is 0.0624. The van der Waals surface area contributed by atoms with Crippen LogP contribution in [0, 0.1) is 0 Å². The first-order chi connectivity index (χ1) is 18.2. The summed E-state index contributed by atoms with van der Waals surface area (Å²) in [5.74, 6) is -4.14. The highest BCUT2D eigenvalue weighted by atomic mass is 16.4. The molecular weight excluding hydrogens is 512 g/mol. The zero-order chi connectivity index (χ0) is 29.7. The van der Waals surface area contributed by atoms with E-state index >= 15 is 0 Å². The number of nitrogens with two attached hydrogens (primary N) is 3. The molecule has 0 radical (unpaired) electrons. The Kier molecular flexibility index (Phi) is 13.2. The van der Waals surface area contributed by atoms with E-state index in [2.05, 4.69) is 26.3 Å². The summed E-state index contributed by atoms with van der Waals surface area (Å²) in [7, 11) is 0. The topological polar surface area (TPSA) is 264 Å². The number of aliphatic carboxylic acids is 1. The fraction of sp³-hybridized carbons (Fsp3) is 0.500. The molecule has 1 rings (SSSR count). The molecule has 0 saturated carbocycles. The number of amides is 4. The van der Waals surface area contributed by atoms with Crippen molar-refractivity contribution in [3.05, 3.63) is 29.8 Å². The smallest absolute Gasteiger partial charge is 0.326 e. The van der Waals surface area contributed by atoms with Crippen LogP contribution in [0.1, 0.15) is 39.2 Å². The van der Waals surface area contributed by atoms with Gasteiger partial charge in [0.15, 0.2) is 5.96 Å². The predicted molar refractivity (Wildman–Crippen MR) is 142 cm³/mol. The van der Waals surface area contributed by atoms with E-state index in [0.29, 0.717) is 5.56 Å². The van der Waals surface area contributed by atoms with Crippen LogP contribution >= 0.6 is 0 Å². The number of benzene rings is 1. The van der Waals surface area contributed by atoms with Gasteiger partial charge >= 0.3 is 5.97 Å². The highest BCUT2D eigenvalue weighted by molar-refractivity contribution is 5.95. The van der Waals surface area contributed by atoms with Crippen LogP contribution in [0.3, 0.4) is 0 Å². The Bertz CT molecular complexity index is 1040. The maximum atomic E-state index is 13.1. The highest BCUT2D eigenvalue weighted by Gasteiger charge is 2.29. The monoisotopic (exact) mass is 550 g/mol. The van der Waals surface area contributed by atoms with Crippen LogP contribution in [0.4, 0.5) is 0 Å². The first-order valence-corrected chi connectivity index (χ1v) is 12.2. The molecule has 0 saturated heterocycles. The Morgan fingerprint density at radius 2 is 1.33 bits per heavy atom. The molecule has 4 amide bonds. The van der Waals surface area contributed by atoms with Gasteiger partial charge in [-0.25, -0.2) is 4.79 Å². The molecule has 0 aliphatic carbocycles. The van der Waals surface area contributed by atoms with Crippen molar-refractivity contribution in [2.45, 2.75) is 70.2 Å². The van der Waals surface area contributed by atoms with Crippen LogP contribution in [0.2, 0.25) is 0 Å². The molecule has 0 aliphatic rings. The second kappa shape index (κ2) is 15.8. The van der Waals surface area contributed by atoms with Gasteiger partial charge in [-0.15, -0.1) is 0 Å². The van der Waals surface area contributed by atoms with Gasteiger partial charge in [-0.2, -0.15) is 0 Å². The molecule has 216 valence electrons. The minimum absolute atomic E-state index is 0.00271. The molecule has 0 bridgehead atoms. The third-order valence-corrected chi connectivity index (χ3v) is 5.49. The van der Waals surface area contributed by atoms with E-state index in [-0.39, 0.29) is 37.5 Å². The summed E-state index contributed by atoms with van der Waals surface area (Å²) in [5.41, 5.74) is 16.6. The Morgan fingerprint density at radius 3 is 1.85 bits per heavy atom. The third kappa shape index (κ3) is 12.1. The lowest BCUT2D eigenvalue weighted by Gasteiger charge is -2.24. The van der Waals surface area contributed by atoms with Gasteiger partial charge in [-0.3, -0.25) is 24.2 Å². The predicted octanol–water partition coefficient (Wildman–Crippen LogP) is -2.60. The van der Waals surface area contributed by atoms with Gasteiger partial charge in [0.05, 0.1) is 6.04 Å². The summed E-state index contributed by atoms with van der Waals surface area (Å²) in [6.45, 7) is 4.41. The minimum Gasteiger partial charge on any atom is -0.508 e. The van der Waals surface area contributed by atoms with Crippen LogP contribution in [0.25, 0.3) is 0 Å². The fourth-order valence-electron chi connectivity index (χ4n) is 3.22. The summed E-state index contributed by atoms with van der Waals surface area (Å²) in [5, 5.41) is 28.9. The van der Waals surface area contributed by atoms with E-state index in [1.165, 1.54) is 32.9 Å². The summed E-state index contributed by atoms with van der Waals surface area (Å²) in [4.78, 5) is 65.6. The molecule has 15 heteroatoms. The average molecular weight is 551 g/mol. The Morgan fingerprint density at radius 1 is 0.821 bits per heavy atom. The van der Waals surface area contributed by atoms with Crippen molar-refractivity contribution >= 4 is 35.6 Å². The van der Waals surface area contributed by atoms with E-state index in [9.17, 15) is 34.2 Å². The first kappa shape index (κ1) is 32.6. The molecule has 0 aliphatic heterocycles. The molecule has 0 spiro atoms. The molecule has 0 heterocycles. The lowest BCUT2D eigenvalue weighted by atomic mass is 10.0. The first-order valence-electron chi connectivity index (χ1n) is 12.2. The molecule has 5 atom stereocenters. The number of rotatable bonds is 15. The second-order valence-electron chi connectivity index (χ2n) is 9.03. The standard InChI is InChI=1S/C24H38N8O7/c1-12(25)19(34)29-13(2)20(35)30-14(3)21(36)32-18(11-15-6-8-16(33)9-7-15)22(37)31-17(23(38)39)5-4-10-28-24(26)27/h6-9,12-14,17-18,33H,4-5,10-11,25H2,1-3H3,(H,29,34)(H,30,35)(H,31,37)(H,32,36)(H,38,39)(H4,26,27,28)/t12-,13-,14-,17-,18-/m0/s1. The van der Waals surface area contributed by atoms with Crippen molar-refractivity contribution in [1.29, 1.82) is 0 Å². The zero-order valence-electron chi connectivity index (χ0n) is 22.1. The van der Waals surface area contributed by atoms with Crippen molar-refractivity contribution in [3.8, 4) is 5.75 Å². The van der Waals surface area contributed by atoms with E-state index in [1.54, 1.807) is 12.1 Å². The second-order valence-corrected chi connectivity index (χ2v) is 9.03. The van der Waals surface area contributed by atoms with E-state index in [1.807, 2.05) is 0 Å². The lowest BCUT2D eigenvalue weighted by Crippen LogP contribution is -2.57. The maximum absolute atomic E-state index is 13.1. The number of nitrogens with one attached hydrogen (secondary N) is 4. The van der Waals surface area contributed by atoms with Crippen molar-refractivity contribution in [3.63, 3.8) is 0 Å². The van der Waals surface area contributed by atoms with Crippen molar-refractivity contribution in [2.75, 3.05) is 6.54 Å². The third-order valence-electron chi connectivity index (χ3n) is 5.49. The van der Waals surface area contributed by atoms with Gasteiger partial charge in [-0.1, -0.05) is 12.1 Å². The van der Waals surface area contributed by atoms with Crippen molar-refractivity contribution in [2.24, 2.45) is 22.2 Å². The SMILES string of the molecule is C[C@H](N)C(=O)N[C@@H](C)C(=O)N[C@@H](C)C(=O)N[C@@H](Cc1ccc(O)cc1)C(=O)N[C@@H](CCCN=C(N)N)C(=O)O. The number of phenolic OH excluding ortho intramolecular Hbond substituents is 1. The van der Waals surface area contributed by atoms with Crippen LogP contribution in [0.5, 0.6) is 5.75 Å². The number of aliphatic imine (C=N–C) groups is 1. The number of aromatic hydroxyl groups is 1. The molecular formula is C24H38N8O7. The number of carboxylic acids is 1. The highest BCUT2D eigenvalue weighted by Crippen LogP contribution is 2.12. The number of nitrogens with zero attached hydrogens (tertiary/aromatic N) is 1. The molecule has 0 unspecified atom stereocenters. The Balaban J connectivity index is 2.96. The molecule has 1 aromatic carbocycles. The number of hydrogen-bond acceptors (Lipinski definition) is 8. The van der Waals surface area contributed by atoms with E-state index < -0.39 is 59.8 Å². The summed E-state index contributed by atoms with van der Waals surface area (Å²) in [6, 6.07) is 0.448. The Hall–Kier alpha value is -4.40. The van der Waals surface area contributed by atoms with Gasteiger partial charge in [0.2, 0.25) is 23.6 Å². The summed E-state index contributed by atoms with van der Waals surface area (Å²) in [6.07, 6.45) is 0.250. The van der Waals surface area contributed by atoms with Gasteiger partial charge in [-0.05, 0) is 51.3 Å². The van der Waals surface area contributed by atoms with Gasteiger partial charge in [0.1, 0.15) is 29.9 Å². The van der Waals surface area contributed by atoms with Crippen molar-refractivity contribution < 1.29 is 34.2 Å². The average Bonchev–Trinajstić information content (AvgIpc) is 2.85. The molecule has 1 aromatic rings. The molecule has 39 heavy (non-hydrogen) atoms. The normalized spacial score (nSPS) is 14.5. The van der Waals surface area contributed by atoms with Gasteiger partial charge in [0.25, 0.3) is 0 Å². The summed E-state index contributed by atoms with van der Waals surface area (Å²) >= 11 is 0. The van der Waals surface area contributed by atoms with Crippen molar-refractivity contribution in [1.82, 2.24) is 21.3 Å². The molecule has 0 fully saturated rings. The number of hydrogen-bond donors (Lipinski definition) is 9. The molecule has 15 nitrogen and oxygen atoms in total. The number of phenols is 1. The summed E-state index contributed by atoms with van der Waals surface area (Å²) < 4.78 is 0.